The normalized spacial score (nSPS) is 15.5. The second-order valence-corrected chi connectivity index (χ2v) is 13.1. The Morgan fingerprint density at radius 2 is 1.13 bits per heavy atom. The smallest absolute Gasteiger partial charge is 0.0584 e. The van der Waals surface area contributed by atoms with E-state index in [4.69, 9.17) is 0 Å². The van der Waals surface area contributed by atoms with Crippen LogP contribution in [0.5, 0.6) is 0 Å². The highest BCUT2D eigenvalue weighted by atomic mass is 15.0. The summed E-state index contributed by atoms with van der Waals surface area (Å²) in [6.45, 7) is 9.23. The van der Waals surface area contributed by atoms with Crippen molar-refractivity contribution in [1.29, 1.82) is 0 Å². The van der Waals surface area contributed by atoms with Crippen LogP contribution in [0.15, 0.2) is 176 Å². The zero-order chi connectivity index (χ0) is 32.0. The van der Waals surface area contributed by atoms with Crippen molar-refractivity contribution in [2.24, 2.45) is 0 Å². The second kappa shape index (κ2) is 11.6. The lowest BCUT2D eigenvalue weighted by molar-refractivity contribution is 0.639. The van der Waals surface area contributed by atoms with Gasteiger partial charge in [0.1, 0.15) is 0 Å². The number of hydrogen-bond acceptors (Lipinski definition) is 0. The van der Waals surface area contributed by atoms with Crippen molar-refractivity contribution in [3.05, 3.63) is 187 Å². The summed E-state index contributed by atoms with van der Waals surface area (Å²) in [6.07, 6.45) is 9.58. The molecule has 0 unspecified atom stereocenters. The monoisotopic (exact) mass is 603 g/mol. The van der Waals surface area contributed by atoms with Gasteiger partial charge < -0.3 is 4.57 Å². The third-order valence-electron chi connectivity index (χ3n) is 9.84. The molecule has 8 rings (SSSR count). The Balaban J connectivity index is 1.43. The summed E-state index contributed by atoms with van der Waals surface area (Å²) in [5, 5.41) is 2.53. The Morgan fingerprint density at radius 3 is 1.81 bits per heavy atom. The van der Waals surface area contributed by atoms with E-state index in [-0.39, 0.29) is 5.41 Å². The van der Waals surface area contributed by atoms with E-state index in [1.54, 1.807) is 0 Å². The van der Waals surface area contributed by atoms with Gasteiger partial charge in [-0.05, 0) is 80.8 Å². The molecule has 6 aromatic carbocycles. The van der Waals surface area contributed by atoms with Gasteiger partial charge in [0.05, 0.1) is 11.0 Å². The van der Waals surface area contributed by atoms with Gasteiger partial charge in [-0.1, -0.05) is 160 Å². The Hall–Kier alpha value is -5.66. The molecule has 0 N–H and O–H groups in total. The minimum Gasteiger partial charge on any atom is -0.309 e. The van der Waals surface area contributed by atoms with Crippen LogP contribution in [0.4, 0.5) is 0 Å². The molecule has 0 amide bonds. The number of aromatic nitrogens is 1. The van der Waals surface area contributed by atoms with Gasteiger partial charge in [-0.3, -0.25) is 0 Å². The lowest BCUT2D eigenvalue weighted by Crippen LogP contribution is -2.22. The van der Waals surface area contributed by atoms with Crippen LogP contribution in [0, 0.1) is 0 Å². The third-order valence-corrected chi connectivity index (χ3v) is 9.84. The molecule has 0 radical (unpaired) electrons. The summed E-state index contributed by atoms with van der Waals surface area (Å²) >= 11 is 0. The maximum absolute atomic E-state index is 4.58. The van der Waals surface area contributed by atoms with Crippen molar-refractivity contribution < 1.29 is 0 Å². The van der Waals surface area contributed by atoms with E-state index in [9.17, 15) is 0 Å². The summed E-state index contributed by atoms with van der Waals surface area (Å²) in [6, 6.07) is 50.9. The molecule has 1 heteroatoms. The van der Waals surface area contributed by atoms with Crippen LogP contribution >= 0.6 is 0 Å². The molecule has 1 heterocycles. The lowest BCUT2D eigenvalue weighted by Gasteiger charge is -2.30. The number of para-hydroxylation sites is 1. The average Bonchev–Trinajstić information content (AvgIpc) is 3.47. The molecule has 0 aliphatic heterocycles. The molecular weight excluding hydrogens is 567 g/mol. The number of fused-ring (bicyclic) bond motifs is 5. The van der Waals surface area contributed by atoms with Crippen LogP contribution < -0.4 is 0 Å². The molecule has 1 nitrogen and oxygen atoms in total. The first kappa shape index (κ1) is 28.8. The molecule has 0 fully saturated rings. The number of allylic oxidation sites excluding steroid dienone is 5. The van der Waals surface area contributed by atoms with Gasteiger partial charge in [0, 0.05) is 21.9 Å². The van der Waals surface area contributed by atoms with E-state index in [0.29, 0.717) is 0 Å². The first-order valence-corrected chi connectivity index (χ1v) is 16.4. The summed E-state index contributed by atoms with van der Waals surface area (Å²) < 4.78 is 2.51. The number of rotatable bonds is 4. The molecule has 0 spiro atoms. The highest BCUT2D eigenvalue weighted by Crippen LogP contribution is 2.44. The Bertz CT molecular complexity index is 2330. The quantitative estimate of drug-likeness (QED) is 0.189. The fourth-order valence-electron chi connectivity index (χ4n) is 7.24. The van der Waals surface area contributed by atoms with E-state index < -0.39 is 0 Å². The zero-order valence-electron chi connectivity index (χ0n) is 26.9. The van der Waals surface area contributed by atoms with Crippen LogP contribution in [-0.4, -0.2) is 4.57 Å². The molecule has 1 aromatic heterocycles. The molecule has 7 aromatic rings. The molecule has 0 saturated heterocycles. The predicted molar refractivity (Wildman–Crippen MR) is 201 cm³/mol. The summed E-state index contributed by atoms with van der Waals surface area (Å²) in [4.78, 5) is 0. The SMILES string of the molecule is C=C1/C=C\C=C/Cc2ccc3c4ccccc4n(-c4cc(-c5ccccc5)cc(-c5ccc(-c6ccccc6)cc5)c4)c3c2C1(C)C. The van der Waals surface area contributed by atoms with E-state index in [1.165, 1.54) is 66.3 Å². The molecule has 1 aliphatic rings. The fraction of sp³-hybridized carbons (Fsp3) is 0.0870. The van der Waals surface area contributed by atoms with Crippen molar-refractivity contribution in [3.63, 3.8) is 0 Å². The maximum atomic E-state index is 4.58. The number of benzene rings is 6. The number of nitrogens with zero attached hydrogens (tertiary/aromatic N) is 1. The van der Waals surface area contributed by atoms with Crippen molar-refractivity contribution in [2.45, 2.75) is 25.7 Å². The first-order valence-electron chi connectivity index (χ1n) is 16.4. The zero-order valence-corrected chi connectivity index (χ0v) is 26.9. The van der Waals surface area contributed by atoms with E-state index >= 15 is 0 Å². The first-order chi connectivity index (χ1) is 23.0. The van der Waals surface area contributed by atoms with Crippen molar-refractivity contribution in [1.82, 2.24) is 4.57 Å². The van der Waals surface area contributed by atoms with Crippen LogP contribution in [0.1, 0.15) is 25.0 Å². The van der Waals surface area contributed by atoms with E-state index in [1.807, 2.05) is 0 Å². The van der Waals surface area contributed by atoms with Gasteiger partial charge >= 0.3 is 0 Å². The van der Waals surface area contributed by atoms with E-state index in [0.717, 1.165) is 17.7 Å². The highest BCUT2D eigenvalue weighted by molar-refractivity contribution is 6.11. The van der Waals surface area contributed by atoms with Crippen LogP contribution in [0.2, 0.25) is 0 Å². The van der Waals surface area contributed by atoms with Crippen molar-refractivity contribution in [2.75, 3.05) is 0 Å². The maximum Gasteiger partial charge on any atom is 0.0584 e. The third kappa shape index (κ3) is 5.05. The fourth-order valence-corrected chi connectivity index (χ4v) is 7.24. The van der Waals surface area contributed by atoms with Gasteiger partial charge in [-0.2, -0.15) is 0 Å². The molecule has 47 heavy (non-hydrogen) atoms. The van der Waals surface area contributed by atoms with Gasteiger partial charge in [0.15, 0.2) is 0 Å². The van der Waals surface area contributed by atoms with Gasteiger partial charge in [0.25, 0.3) is 0 Å². The Kier molecular flexibility index (Phi) is 7.11. The molecule has 0 bridgehead atoms. The van der Waals surface area contributed by atoms with Gasteiger partial charge in [0.2, 0.25) is 0 Å². The standard InChI is InChI=1S/C46H37N/c1-32-15-7-4-12-20-37-27-28-42-41-21-13-14-22-43(41)47(45(42)44(37)46(32,2)3)40-30-38(34-18-10-6-11-19-34)29-39(31-40)36-25-23-35(24-26-36)33-16-8-5-9-17-33/h4-19,21-31H,1,20H2,2-3H3/b12-4-,15-7-. The van der Waals surface area contributed by atoms with Gasteiger partial charge in [-0.15, -0.1) is 0 Å². The lowest BCUT2D eigenvalue weighted by atomic mass is 9.74. The molecule has 0 saturated carbocycles. The topological polar surface area (TPSA) is 4.93 Å². The number of hydrogen-bond donors (Lipinski definition) is 0. The van der Waals surface area contributed by atoms with Crippen LogP contribution in [-0.2, 0) is 11.8 Å². The summed E-state index contributed by atoms with van der Waals surface area (Å²) in [7, 11) is 0. The Labute approximate surface area is 277 Å². The molecule has 226 valence electrons. The summed E-state index contributed by atoms with van der Waals surface area (Å²) in [5.41, 5.74) is 14.3. The summed E-state index contributed by atoms with van der Waals surface area (Å²) in [5.74, 6) is 0. The molecular formula is C46H37N. The average molecular weight is 604 g/mol. The Morgan fingerprint density at radius 1 is 0.553 bits per heavy atom. The van der Waals surface area contributed by atoms with Crippen LogP contribution in [0.25, 0.3) is 60.9 Å². The van der Waals surface area contributed by atoms with Gasteiger partial charge in [-0.25, -0.2) is 0 Å². The highest BCUT2D eigenvalue weighted by Gasteiger charge is 2.31. The van der Waals surface area contributed by atoms with Crippen LogP contribution in [0.3, 0.4) is 0 Å². The van der Waals surface area contributed by atoms with Crippen molar-refractivity contribution in [3.8, 4) is 39.1 Å². The second-order valence-electron chi connectivity index (χ2n) is 13.1. The molecule has 1 aliphatic carbocycles. The minimum absolute atomic E-state index is 0.281. The van der Waals surface area contributed by atoms with E-state index in [2.05, 4.69) is 189 Å². The largest absolute Gasteiger partial charge is 0.309 e. The molecule has 0 atom stereocenters. The van der Waals surface area contributed by atoms with Crippen molar-refractivity contribution >= 4 is 21.8 Å². The predicted octanol–water partition coefficient (Wildman–Crippen LogP) is 12.3. The minimum atomic E-state index is -0.281.